The highest BCUT2D eigenvalue weighted by Crippen LogP contribution is 2.61. The average Bonchev–Trinajstić information content (AvgIpc) is 3.48. The van der Waals surface area contributed by atoms with E-state index in [0.717, 1.165) is 48.0 Å². The number of hydrogen-bond acceptors (Lipinski definition) is 4. The van der Waals surface area contributed by atoms with Crippen LogP contribution in [-0.4, -0.2) is 28.0 Å². The molecule has 2 aromatic carbocycles. The van der Waals surface area contributed by atoms with Gasteiger partial charge in [0.2, 0.25) is 0 Å². The molecule has 4 nitrogen and oxygen atoms in total. The van der Waals surface area contributed by atoms with Gasteiger partial charge in [0.15, 0.2) is 0 Å². The smallest absolute Gasteiger partial charge is 0.309 e. The van der Waals surface area contributed by atoms with E-state index in [1.54, 1.807) is 7.11 Å². The van der Waals surface area contributed by atoms with Gasteiger partial charge in [0, 0.05) is 12.5 Å². The van der Waals surface area contributed by atoms with E-state index in [-0.39, 0.29) is 28.8 Å². The highest BCUT2D eigenvalue weighted by molar-refractivity contribution is 6.33. The van der Waals surface area contributed by atoms with E-state index in [2.05, 4.69) is 39.0 Å². The minimum atomic E-state index is -0.101. The maximum atomic E-state index is 12.2. The lowest BCUT2D eigenvalue weighted by Gasteiger charge is -2.31. The minimum absolute atomic E-state index is 0.0233. The Morgan fingerprint density at radius 1 is 1.19 bits per heavy atom. The Bertz CT molecular complexity index is 1010. The average molecular weight is 432 g/mol. The summed E-state index contributed by atoms with van der Waals surface area (Å²) in [5.74, 6) is 0.716. The van der Waals surface area contributed by atoms with Gasteiger partial charge in [0.05, 0.1) is 19.1 Å². The first kappa shape index (κ1) is 22.9. The van der Waals surface area contributed by atoms with Crippen LogP contribution in [0.3, 0.4) is 0 Å². The van der Waals surface area contributed by atoms with Gasteiger partial charge in [-0.1, -0.05) is 50.5 Å². The molecule has 4 rings (SSSR count). The first-order valence-corrected chi connectivity index (χ1v) is 11.4. The van der Waals surface area contributed by atoms with E-state index in [4.69, 9.17) is 22.1 Å². The van der Waals surface area contributed by atoms with Crippen molar-refractivity contribution in [2.24, 2.45) is 11.3 Å². The third-order valence-corrected chi connectivity index (χ3v) is 7.11. The molecule has 0 N–H and O–H groups in total. The Morgan fingerprint density at radius 3 is 2.66 bits per heavy atom. The fourth-order valence-electron chi connectivity index (χ4n) is 5.44. The largest absolute Gasteiger partial charge is 0.489 e. The van der Waals surface area contributed by atoms with E-state index < -0.39 is 0 Å². The lowest BCUT2D eigenvalue weighted by atomic mass is 9.78. The zero-order valence-electron chi connectivity index (χ0n) is 19.9. The van der Waals surface area contributed by atoms with Gasteiger partial charge in [0.25, 0.3) is 0 Å². The third-order valence-electron chi connectivity index (χ3n) is 7.11. The van der Waals surface area contributed by atoms with Gasteiger partial charge < -0.3 is 14.2 Å². The van der Waals surface area contributed by atoms with Gasteiger partial charge in [-0.3, -0.25) is 4.79 Å². The molecule has 0 saturated heterocycles. The molecule has 0 amide bonds. The number of esters is 1. The SMILES string of the molecule is [B]c1ccc(COc2ccc3c(c2)[C@@]2(CCC3)C[C@@H]2C(=O)OC)cc1[C@@H](OC)C(C)(C)C. The molecular formula is C27H33BO4. The van der Waals surface area contributed by atoms with E-state index in [1.165, 1.54) is 18.2 Å². The van der Waals surface area contributed by atoms with Gasteiger partial charge in [-0.15, -0.1) is 0 Å². The van der Waals surface area contributed by atoms with E-state index in [1.807, 2.05) is 18.2 Å². The number of fused-ring (bicyclic) bond motifs is 2. The zero-order valence-corrected chi connectivity index (χ0v) is 19.9. The summed E-state index contributed by atoms with van der Waals surface area (Å²) in [6.45, 7) is 6.88. The summed E-state index contributed by atoms with van der Waals surface area (Å²) in [6.07, 6.45) is 3.98. The number of carbonyl (C=O) groups excluding carboxylic acids is 1. The maximum absolute atomic E-state index is 12.2. The number of aryl methyl sites for hydroxylation is 1. The number of methoxy groups -OCH3 is 2. The maximum Gasteiger partial charge on any atom is 0.309 e. The summed E-state index contributed by atoms with van der Waals surface area (Å²) in [7, 11) is 9.47. The molecule has 0 aromatic heterocycles. The molecule has 32 heavy (non-hydrogen) atoms. The quantitative estimate of drug-likeness (QED) is 0.496. The first-order chi connectivity index (χ1) is 15.2. The van der Waals surface area contributed by atoms with Crippen molar-refractivity contribution in [2.45, 2.75) is 64.6 Å². The van der Waals surface area contributed by atoms with Crippen molar-refractivity contribution in [3.8, 4) is 5.75 Å². The van der Waals surface area contributed by atoms with Gasteiger partial charge in [-0.2, -0.15) is 0 Å². The summed E-state index contributed by atoms with van der Waals surface area (Å²) in [4.78, 5) is 12.2. The minimum Gasteiger partial charge on any atom is -0.489 e. The van der Waals surface area contributed by atoms with Gasteiger partial charge in [-0.05, 0) is 65.5 Å². The van der Waals surface area contributed by atoms with Crippen molar-refractivity contribution in [1.29, 1.82) is 0 Å². The van der Waals surface area contributed by atoms with Crippen molar-refractivity contribution in [3.63, 3.8) is 0 Å². The number of rotatable bonds is 6. The first-order valence-electron chi connectivity index (χ1n) is 11.4. The molecule has 1 spiro atoms. The van der Waals surface area contributed by atoms with Crippen molar-refractivity contribution in [3.05, 3.63) is 58.7 Å². The van der Waals surface area contributed by atoms with Crippen LogP contribution in [0.5, 0.6) is 5.75 Å². The Kier molecular flexibility index (Phi) is 6.15. The topological polar surface area (TPSA) is 44.8 Å². The Labute approximate surface area is 193 Å². The molecule has 2 aromatic rings. The summed E-state index contributed by atoms with van der Waals surface area (Å²) in [5, 5.41) is 0. The highest BCUT2D eigenvalue weighted by atomic mass is 16.5. The van der Waals surface area contributed by atoms with E-state index in [9.17, 15) is 4.79 Å². The molecular weight excluding hydrogens is 399 g/mol. The Hall–Kier alpha value is -2.27. The molecule has 2 aliphatic rings. The third kappa shape index (κ3) is 4.20. The van der Waals surface area contributed by atoms with Gasteiger partial charge >= 0.3 is 5.97 Å². The normalized spacial score (nSPS) is 22.8. The second kappa shape index (κ2) is 8.59. The molecule has 0 unspecified atom stereocenters. The molecule has 1 fully saturated rings. The van der Waals surface area contributed by atoms with Gasteiger partial charge in [0.1, 0.15) is 20.2 Å². The molecule has 0 heterocycles. The fourth-order valence-corrected chi connectivity index (χ4v) is 5.44. The predicted molar refractivity (Wildman–Crippen MR) is 127 cm³/mol. The number of carbonyl (C=O) groups is 1. The van der Waals surface area contributed by atoms with Crippen LogP contribution in [0, 0.1) is 11.3 Å². The second-order valence-electron chi connectivity index (χ2n) is 10.3. The van der Waals surface area contributed by atoms with Crippen molar-refractivity contribution >= 4 is 19.3 Å². The fraction of sp³-hybridized carbons (Fsp3) is 0.519. The number of ether oxygens (including phenoxy) is 3. The summed E-state index contributed by atoms with van der Waals surface area (Å²) < 4.78 is 17.0. The monoisotopic (exact) mass is 432 g/mol. The second-order valence-corrected chi connectivity index (χ2v) is 10.3. The summed E-state index contributed by atoms with van der Waals surface area (Å²) in [5.41, 5.74) is 5.23. The molecule has 168 valence electrons. The van der Waals surface area contributed by atoms with Crippen LogP contribution in [0.25, 0.3) is 0 Å². The summed E-state index contributed by atoms with van der Waals surface area (Å²) >= 11 is 0. The van der Waals surface area contributed by atoms with Crippen molar-refractivity contribution in [2.75, 3.05) is 14.2 Å². The van der Waals surface area contributed by atoms with Crippen LogP contribution in [0.4, 0.5) is 0 Å². The Morgan fingerprint density at radius 2 is 1.97 bits per heavy atom. The standard InChI is InChI=1S/C27H33BO4/c1-26(2,3)24(30-4)20-13-17(8-11-23(20)28)16-32-19-10-9-18-7-6-12-27(21(18)14-19)15-22(27)25(29)31-5/h8-11,13-14,22,24H,6-7,12,15-16H2,1-5H3/t22-,24-,27-/m1/s1. The highest BCUT2D eigenvalue weighted by Gasteiger charge is 2.61. The number of hydrogen-bond donors (Lipinski definition) is 0. The van der Waals surface area contributed by atoms with E-state index >= 15 is 0 Å². The van der Waals surface area contributed by atoms with Crippen LogP contribution in [0.2, 0.25) is 0 Å². The lowest BCUT2D eigenvalue weighted by molar-refractivity contribution is -0.142. The predicted octanol–water partition coefficient (Wildman–Crippen LogP) is 4.56. The molecule has 2 radical (unpaired) electrons. The molecule has 5 heteroatoms. The Balaban J connectivity index is 1.54. The molecule has 0 aliphatic heterocycles. The van der Waals surface area contributed by atoms with Crippen LogP contribution in [0.1, 0.15) is 68.4 Å². The van der Waals surface area contributed by atoms with Crippen LogP contribution < -0.4 is 10.2 Å². The molecule has 3 atom stereocenters. The zero-order chi connectivity index (χ0) is 23.1. The molecule has 2 aliphatic carbocycles. The number of benzene rings is 2. The van der Waals surface area contributed by atoms with Crippen LogP contribution >= 0.6 is 0 Å². The van der Waals surface area contributed by atoms with Crippen molar-refractivity contribution < 1.29 is 19.0 Å². The van der Waals surface area contributed by atoms with Crippen molar-refractivity contribution in [1.82, 2.24) is 0 Å². The van der Waals surface area contributed by atoms with Gasteiger partial charge in [-0.25, -0.2) is 0 Å². The lowest BCUT2D eigenvalue weighted by Crippen LogP contribution is -2.26. The van der Waals surface area contributed by atoms with Crippen LogP contribution in [-0.2, 0) is 32.7 Å². The van der Waals surface area contributed by atoms with Crippen LogP contribution in [0.15, 0.2) is 36.4 Å². The molecule has 0 bridgehead atoms. The molecule has 1 saturated carbocycles. The summed E-state index contributed by atoms with van der Waals surface area (Å²) in [6, 6.07) is 12.4. The van der Waals surface area contributed by atoms with E-state index in [0.29, 0.717) is 6.61 Å².